The molecule has 2 amide bonds. The van der Waals surface area contributed by atoms with Gasteiger partial charge in [0.05, 0.1) is 23.7 Å². The van der Waals surface area contributed by atoms with Gasteiger partial charge in [-0.1, -0.05) is 61.7 Å². The number of amides is 2. The summed E-state index contributed by atoms with van der Waals surface area (Å²) in [6.07, 6.45) is 3.03. The normalized spacial score (nSPS) is 17.6. The maximum Gasteiger partial charge on any atom is 0.263 e. The first-order chi connectivity index (χ1) is 19.3. The topological polar surface area (TPSA) is 96.0 Å². The molecule has 0 aromatic heterocycles. The van der Waals surface area contributed by atoms with Gasteiger partial charge in [-0.2, -0.15) is 4.31 Å². The van der Waals surface area contributed by atoms with Crippen LogP contribution in [-0.4, -0.2) is 49.8 Å². The van der Waals surface area contributed by atoms with E-state index >= 15 is 0 Å². The number of nitrogens with one attached hydrogen (secondary N) is 1. The van der Waals surface area contributed by atoms with Gasteiger partial charge in [-0.15, -0.1) is 0 Å². The number of anilines is 1. The highest BCUT2D eigenvalue weighted by Gasteiger charge is 2.38. The first-order valence-electron chi connectivity index (χ1n) is 13.5. The van der Waals surface area contributed by atoms with Gasteiger partial charge in [0.2, 0.25) is 15.9 Å². The van der Waals surface area contributed by atoms with Gasteiger partial charge in [-0.3, -0.25) is 9.59 Å². The van der Waals surface area contributed by atoms with E-state index in [4.69, 9.17) is 4.74 Å². The number of carbonyl (C=O) groups is 2. The lowest BCUT2D eigenvalue weighted by atomic mass is 9.95. The first kappa shape index (κ1) is 27.8. The third kappa shape index (κ3) is 6.18. The van der Waals surface area contributed by atoms with Crippen molar-refractivity contribution in [2.24, 2.45) is 0 Å². The van der Waals surface area contributed by atoms with Crippen molar-refractivity contribution in [2.75, 3.05) is 18.0 Å². The molecule has 1 N–H and O–H groups in total. The number of rotatable bonds is 8. The minimum Gasteiger partial charge on any atom is -0.477 e. The predicted octanol–water partition coefficient (Wildman–Crippen LogP) is 4.26. The summed E-state index contributed by atoms with van der Waals surface area (Å²) in [4.78, 5) is 28.3. The van der Waals surface area contributed by atoms with Crippen LogP contribution in [0.25, 0.3) is 0 Å². The van der Waals surface area contributed by atoms with Gasteiger partial charge >= 0.3 is 0 Å². The zero-order valence-electron chi connectivity index (χ0n) is 22.0. The molecule has 40 heavy (non-hydrogen) atoms. The van der Waals surface area contributed by atoms with E-state index in [1.54, 1.807) is 24.3 Å². The van der Waals surface area contributed by atoms with Crippen molar-refractivity contribution in [3.8, 4) is 5.75 Å². The molecule has 1 heterocycles. The molecular formula is C30H32FN3O5S. The summed E-state index contributed by atoms with van der Waals surface area (Å²) in [7, 11) is -4.09. The van der Waals surface area contributed by atoms with Crippen molar-refractivity contribution in [3.63, 3.8) is 0 Å². The highest BCUT2D eigenvalue weighted by atomic mass is 32.2. The number of nitrogens with zero attached hydrogens (tertiary/aromatic N) is 2. The average molecular weight is 566 g/mol. The van der Waals surface area contributed by atoms with Crippen molar-refractivity contribution < 1.29 is 27.1 Å². The summed E-state index contributed by atoms with van der Waals surface area (Å²) in [6.45, 7) is -0.164. The minimum absolute atomic E-state index is 0.0622. The molecule has 1 fully saturated rings. The lowest BCUT2D eigenvalue weighted by Crippen LogP contribution is -2.54. The fourth-order valence-electron chi connectivity index (χ4n) is 5.25. The Kier molecular flexibility index (Phi) is 8.46. The van der Waals surface area contributed by atoms with Gasteiger partial charge in [0.1, 0.15) is 11.6 Å². The Morgan fingerprint density at radius 3 is 2.33 bits per heavy atom. The van der Waals surface area contributed by atoms with E-state index in [1.807, 2.05) is 30.3 Å². The third-order valence-corrected chi connectivity index (χ3v) is 9.28. The summed E-state index contributed by atoms with van der Waals surface area (Å²) in [5.41, 5.74) is 1.40. The largest absolute Gasteiger partial charge is 0.477 e. The van der Waals surface area contributed by atoms with Gasteiger partial charge in [0.15, 0.2) is 6.10 Å². The number of benzene rings is 3. The van der Waals surface area contributed by atoms with E-state index < -0.39 is 34.4 Å². The molecular weight excluding hydrogens is 533 g/mol. The van der Waals surface area contributed by atoms with E-state index in [0.29, 0.717) is 30.8 Å². The van der Waals surface area contributed by atoms with E-state index in [0.717, 1.165) is 37.0 Å². The molecule has 1 saturated carbocycles. The van der Waals surface area contributed by atoms with Crippen LogP contribution in [0.4, 0.5) is 10.1 Å². The summed E-state index contributed by atoms with van der Waals surface area (Å²) in [6, 6.07) is 20.6. The molecule has 0 unspecified atom stereocenters. The van der Waals surface area contributed by atoms with Gasteiger partial charge in [-0.05, 0) is 54.8 Å². The van der Waals surface area contributed by atoms with E-state index in [-0.39, 0.29) is 23.4 Å². The fraction of sp³-hybridized carbons (Fsp3) is 0.333. The lowest BCUT2D eigenvalue weighted by Gasteiger charge is -2.37. The Balaban J connectivity index is 1.39. The van der Waals surface area contributed by atoms with Crippen molar-refractivity contribution in [1.29, 1.82) is 0 Å². The van der Waals surface area contributed by atoms with Crippen molar-refractivity contribution in [3.05, 3.63) is 90.2 Å². The van der Waals surface area contributed by atoms with Crippen molar-refractivity contribution >= 4 is 27.5 Å². The molecule has 1 atom stereocenters. The zero-order chi connectivity index (χ0) is 28.1. The SMILES string of the molecule is O=C(NCc1ccccc1)[C@@H]1CN(C(=O)CN(C2CCCCC2)S(=O)(=O)c2ccc(F)cc2)c2ccccc2O1. The van der Waals surface area contributed by atoms with Crippen LogP contribution in [0.15, 0.2) is 83.8 Å². The minimum atomic E-state index is -4.09. The number of ether oxygens (including phenoxy) is 1. The predicted molar refractivity (Wildman–Crippen MR) is 149 cm³/mol. The Bertz CT molecular complexity index is 1440. The van der Waals surface area contributed by atoms with E-state index in [9.17, 15) is 22.4 Å². The number of halogens is 1. The number of para-hydroxylation sites is 2. The number of carbonyl (C=O) groups excluding carboxylic acids is 2. The molecule has 5 rings (SSSR count). The molecule has 0 spiro atoms. The Hall–Kier alpha value is -3.76. The van der Waals surface area contributed by atoms with Crippen LogP contribution in [0.1, 0.15) is 37.7 Å². The maximum absolute atomic E-state index is 13.9. The Morgan fingerprint density at radius 1 is 0.925 bits per heavy atom. The van der Waals surface area contributed by atoms with E-state index in [1.165, 1.54) is 21.3 Å². The Labute approximate surface area is 233 Å². The molecule has 3 aromatic rings. The van der Waals surface area contributed by atoms with Crippen LogP contribution < -0.4 is 15.0 Å². The van der Waals surface area contributed by atoms with Gasteiger partial charge < -0.3 is 15.0 Å². The quantitative estimate of drug-likeness (QED) is 0.441. The molecule has 210 valence electrons. The summed E-state index contributed by atoms with van der Waals surface area (Å²) in [5, 5.41) is 2.86. The van der Waals surface area contributed by atoms with Crippen LogP contribution in [0.2, 0.25) is 0 Å². The van der Waals surface area contributed by atoms with Crippen LogP contribution in [-0.2, 0) is 26.2 Å². The molecule has 8 nitrogen and oxygen atoms in total. The first-order valence-corrected chi connectivity index (χ1v) is 14.9. The fourth-order valence-corrected chi connectivity index (χ4v) is 6.88. The monoisotopic (exact) mass is 565 g/mol. The van der Waals surface area contributed by atoms with Crippen LogP contribution in [0, 0.1) is 5.82 Å². The van der Waals surface area contributed by atoms with Crippen LogP contribution in [0.3, 0.4) is 0 Å². The average Bonchev–Trinajstić information content (AvgIpc) is 2.99. The number of fused-ring (bicyclic) bond motifs is 1. The number of sulfonamides is 1. The summed E-state index contributed by atoms with van der Waals surface area (Å²) in [5.74, 6) is -1.01. The summed E-state index contributed by atoms with van der Waals surface area (Å²) < 4.78 is 48.3. The molecule has 3 aromatic carbocycles. The standard InChI is InChI=1S/C30H32FN3O5S/c31-23-15-17-25(18-16-23)40(37,38)34(24-11-5-2-6-12-24)21-29(35)33-20-28(39-27-14-8-7-13-26(27)33)30(36)32-19-22-9-3-1-4-10-22/h1,3-4,7-10,13-18,24,28H,2,5-6,11-12,19-21H2,(H,32,36)/t28-/m0/s1. The van der Waals surface area contributed by atoms with Gasteiger partial charge in [0, 0.05) is 12.6 Å². The highest BCUT2D eigenvalue weighted by molar-refractivity contribution is 7.89. The van der Waals surface area contributed by atoms with Gasteiger partial charge in [-0.25, -0.2) is 12.8 Å². The third-order valence-electron chi connectivity index (χ3n) is 7.37. The molecule has 0 saturated heterocycles. The number of hydrogen-bond acceptors (Lipinski definition) is 5. The molecule has 2 aliphatic rings. The highest BCUT2D eigenvalue weighted by Crippen LogP contribution is 2.34. The second-order valence-corrected chi connectivity index (χ2v) is 12.0. The van der Waals surface area contributed by atoms with Crippen LogP contribution in [0.5, 0.6) is 5.75 Å². The van der Waals surface area contributed by atoms with Crippen LogP contribution >= 0.6 is 0 Å². The second kappa shape index (κ2) is 12.2. The van der Waals surface area contributed by atoms with Crippen molar-refractivity contribution in [1.82, 2.24) is 9.62 Å². The lowest BCUT2D eigenvalue weighted by molar-refractivity contribution is -0.128. The molecule has 0 bridgehead atoms. The molecule has 1 aliphatic heterocycles. The van der Waals surface area contributed by atoms with Gasteiger partial charge in [0.25, 0.3) is 5.91 Å². The second-order valence-electron chi connectivity index (χ2n) is 10.1. The smallest absolute Gasteiger partial charge is 0.263 e. The Morgan fingerprint density at radius 2 is 1.60 bits per heavy atom. The molecule has 0 radical (unpaired) electrons. The zero-order valence-corrected chi connectivity index (χ0v) is 22.9. The summed E-state index contributed by atoms with van der Waals surface area (Å²) >= 11 is 0. The number of hydrogen-bond donors (Lipinski definition) is 1. The molecule has 10 heteroatoms. The van der Waals surface area contributed by atoms with E-state index in [2.05, 4.69) is 5.32 Å². The maximum atomic E-state index is 13.9. The molecule has 1 aliphatic carbocycles. The van der Waals surface area contributed by atoms with Crippen molar-refractivity contribution in [2.45, 2.75) is 55.7 Å².